The fraction of sp³-hybridized carbons (Fsp3) is 1.00. The second-order valence-corrected chi connectivity index (χ2v) is 4.73. The molecule has 2 nitrogen and oxygen atoms in total. The Balaban J connectivity index is 2.23. The molecule has 0 saturated carbocycles. The van der Waals surface area contributed by atoms with Crippen molar-refractivity contribution in [2.45, 2.75) is 37.8 Å². The molecular weight excluding hydrogens is 221 g/mol. The van der Waals surface area contributed by atoms with E-state index in [2.05, 4.69) is 5.32 Å². The minimum atomic E-state index is -0.163. The molecule has 1 unspecified atom stereocenters. The topological polar surface area (TPSA) is 21.3 Å². The first-order valence-corrected chi connectivity index (χ1v) is 6.26. The molecule has 1 atom stereocenters. The van der Waals surface area contributed by atoms with Crippen molar-refractivity contribution in [2.24, 2.45) is 0 Å². The largest absolute Gasteiger partial charge is 0.377 e. The van der Waals surface area contributed by atoms with E-state index < -0.39 is 0 Å². The number of ether oxygens (including phenoxy) is 1. The van der Waals surface area contributed by atoms with Crippen molar-refractivity contribution < 1.29 is 4.74 Å². The number of alkyl halides is 2. The summed E-state index contributed by atoms with van der Waals surface area (Å²) < 4.78 is 5.61. The summed E-state index contributed by atoms with van der Waals surface area (Å²) in [5, 5.41) is 3.38. The van der Waals surface area contributed by atoms with E-state index in [4.69, 9.17) is 27.9 Å². The lowest BCUT2D eigenvalue weighted by Gasteiger charge is -2.30. The molecule has 0 aromatic heterocycles. The van der Waals surface area contributed by atoms with Crippen molar-refractivity contribution in [2.75, 3.05) is 24.9 Å². The SMILES string of the molecule is CC(CCl)(CCl)NCC1CCCCO1. The van der Waals surface area contributed by atoms with Crippen LogP contribution in [0.1, 0.15) is 26.2 Å². The Morgan fingerprint density at radius 1 is 1.36 bits per heavy atom. The van der Waals surface area contributed by atoms with Gasteiger partial charge in [0.2, 0.25) is 0 Å². The van der Waals surface area contributed by atoms with E-state index in [0.29, 0.717) is 17.9 Å². The summed E-state index contributed by atoms with van der Waals surface area (Å²) in [6, 6.07) is 0. The van der Waals surface area contributed by atoms with Gasteiger partial charge in [0.15, 0.2) is 0 Å². The Kier molecular flexibility index (Phi) is 5.53. The maximum atomic E-state index is 5.84. The molecule has 4 heteroatoms. The minimum absolute atomic E-state index is 0.163. The first-order valence-electron chi connectivity index (χ1n) is 5.19. The lowest BCUT2D eigenvalue weighted by atomic mass is 10.1. The van der Waals surface area contributed by atoms with E-state index in [1.54, 1.807) is 0 Å². The molecule has 0 aromatic carbocycles. The molecule has 1 fully saturated rings. The van der Waals surface area contributed by atoms with Crippen LogP contribution in [0.2, 0.25) is 0 Å². The van der Waals surface area contributed by atoms with Crippen LogP contribution in [0.15, 0.2) is 0 Å². The predicted molar refractivity (Wildman–Crippen MR) is 61.4 cm³/mol. The average Bonchev–Trinajstić information content (AvgIpc) is 2.27. The summed E-state index contributed by atoms with van der Waals surface area (Å²) in [4.78, 5) is 0. The third-order valence-electron chi connectivity index (χ3n) is 2.62. The summed E-state index contributed by atoms with van der Waals surface area (Å²) in [5.41, 5.74) is -0.163. The number of hydrogen-bond donors (Lipinski definition) is 1. The second-order valence-electron chi connectivity index (χ2n) is 4.20. The van der Waals surface area contributed by atoms with Crippen LogP contribution in [0.25, 0.3) is 0 Å². The first-order chi connectivity index (χ1) is 6.70. The second kappa shape index (κ2) is 6.16. The molecule has 0 aromatic rings. The molecule has 0 amide bonds. The van der Waals surface area contributed by atoms with Crippen molar-refractivity contribution in [3.05, 3.63) is 0 Å². The lowest BCUT2D eigenvalue weighted by Crippen LogP contribution is -2.49. The van der Waals surface area contributed by atoms with Crippen molar-refractivity contribution in [3.63, 3.8) is 0 Å². The smallest absolute Gasteiger partial charge is 0.0699 e. The maximum Gasteiger partial charge on any atom is 0.0699 e. The summed E-state index contributed by atoms with van der Waals surface area (Å²) in [5.74, 6) is 1.06. The van der Waals surface area contributed by atoms with Crippen LogP contribution in [0.4, 0.5) is 0 Å². The van der Waals surface area contributed by atoms with Gasteiger partial charge in [0.1, 0.15) is 0 Å². The van der Waals surface area contributed by atoms with Gasteiger partial charge in [-0.1, -0.05) is 0 Å². The van der Waals surface area contributed by atoms with E-state index >= 15 is 0 Å². The highest BCUT2D eigenvalue weighted by molar-refractivity contribution is 6.22. The lowest BCUT2D eigenvalue weighted by molar-refractivity contribution is 0.0138. The van der Waals surface area contributed by atoms with Crippen LogP contribution in [0.3, 0.4) is 0 Å². The molecule has 0 aliphatic carbocycles. The van der Waals surface area contributed by atoms with Crippen LogP contribution < -0.4 is 5.32 Å². The van der Waals surface area contributed by atoms with Gasteiger partial charge in [0.25, 0.3) is 0 Å². The van der Waals surface area contributed by atoms with Crippen molar-refractivity contribution in [1.29, 1.82) is 0 Å². The molecule has 1 rings (SSSR count). The first kappa shape index (κ1) is 12.6. The molecule has 1 N–H and O–H groups in total. The monoisotopic (exact) mass is 239 g/mol. The Morgan fingerprint density at radius 2 is 2.07 bits per heavy atom. The van der Waals surface area contributed by atoms with Gasteiger partial charge in [0.05, 0.1) is 6.10 Å². The minimum Gasteiger partial charge on any atom is -0.377 e. The van der Waals surface area contributed by atoms with Crippen LogP contribution in [-0.4, -0.2) is 36.6 Å². The molecule has 0 spiro atoms. The van der Waals surface area contributed by atoms with E-state index in [0.717, 1.165) is 19.6 Å². The zero-order valence-electron chi connectivity index (χ0n) is 8.69. The van der Waals surface area contributed by atoms with Crippen LogP contribution in [0, 0.1) is 0 Å². The predicted octanol–water partition coefficient (Wildman–Crippen LogP) is 2.38. The van der Waals surface area contributed by atoms with E-state index in [-0.39, 0.29) is 5.54 Å². The highest BCUT2D eigenvalue weighted by atomic mass is 35.5. The summed E-state index contributed by atoms with van der Waals surface area (Å²) in [6.45, 7) is 3.79. The van der Waals surface area contributed by atoms with Gasteiger partial charge in [-0.3, -0.25) is 0 Å². The zero-order valence-corrected chi connectivity index (χ0v) is 10.2. The standard InChI is InChI=1S/C10H19Cl2NO/c1-10(7-11,8-12)13-6-9-4-2-3-5-14-9/h9,13H,2-8H2,1H3. The third-order valence-corrected chi connectivity index (χ3v) is 3.80. The molecule has 1 saturated heterocycles. The number of rotatable bonds is 5. The molecule has 84 valence electrons. The van der Waals surface area contributed by atoms with E-state index in [1.807, 2.05) is 6.92 Å². The summed E-state index contributed by atoms with van der Waals surface area (Å²) in [6.07, 6.45) is 3.95. The fourth-order valence-electron chi connectivity index (χ4n) is 1.46. The van der Waals surface area contributed by atoms with Gasteiger partial charge in [0, 0.05) is 30.5 Å². The van der Waals surface area contributed by atoms with E-state index in [9.17, 15) is 0 Å². The molecule has 1 aliphatic rings. The molecular formula is C10H19Cl2NO. The fourth-order valence-corrected chi connectivity index (χ4v) is 1.93. The average molecular weight is 240 g/mol. The number of hydrogen-bond acceptors (Lipinski definition) is 2. The van der Waals surface area contributed by atoms with Gasteiger partial charge in [-0.15, -0.1) is 23.2 Å². The van der Waals surface area contributed by atoms with Crippen LogP contribution in [0.5, 0.6) is 0 Å². The van der Waals surface area contributed by atoms with Crippen LogP contribution >= 0.6 is 23.2 Å². The molecule has 14 heavy (non-hydrogen) atoms. The molecule has 1 heterocycles. The maximum absolute atomic E-state index is 5.84. The Morgan fingerprint density at radius 3 is 2.57 bits per heavy atom. The Hall–Kier alpha value is 0.500. The number of nitrogens with one attached hydrogen (secondary N) is 1. The van der Waals surface area contributed by atoms with Gasteiger partial charge in [-0.2, -0.15) is 0 Å². The number of halogens is 2. The zero-order chi connectivity index (χ0) is 10.4. The van der Waals surface area contributed by atoms with Crippen molar-refractivity contribution >= 4 is 23.2 Å². The van der Waals surface area contributed by atoms with Gasteiger partial charge < -0.3 is 10.1 Å². The van der Waals surface area contributed by atoms with Crippen molar-refractivity contribution in [1.82, 2.24) is 5.32 Å². The molecule has 0 radical (unpaired) electrons. The normalized spacial score (nSPS) is 23.8. The Bertz CT molecular complexity index is 156. The van der Waals surface area contributed by atoms with Crippen LogP contribution in [-0.2, 0) is 4.74 Å². The highest BCUT2D eigenvalue weighted by Gasteiger charge is 2.23. The van der Waals surface area contributed by atoms with Gasteiger partial charge in [-0.25, -0.2) is 0 Å². The Labute approximate surface area is 96.3 Å². The van der Waals surface area contributed by atoms with Gasteiger partial charge in [-0.05, 0) is 26.2 Å². The quantitative estimate of drug-likeness (QED) is 0.745. The third kappa shape index (κ3) is 3.93. The van der Waals surface area contributed by atoms with Crippen molar-refractivity contribution in [3.8, 4) is 0 Å². The summed E-state index contributed by atoms with van der Waals surface area (Å²) >= 11 is 11.7. The van der Waals surface area contributed by atoms with E-state index in [1.165, 1.54) is 12.8 Å². The highest BCUT2D eigenvalue weighted by Crippen LogP contribution is 2.14. The molecule has 0 bridgehead atoms. The summed E-state index contributed by atoms with van der Waals surface area (Å²) in [7, 11) is 0. The van der Waals surface area contributed by atoms with Gasteiger partial charge >= 0.3 is 0 Å². The molecule has 1 aliphatic heterocycles.